The van der Waals surface area contributed by atoms with E-state index < -0.39 is 17.4 Å². The fourth-order valence-electron chi connectivity index (χ4n) is 14.9. The van der Waals surface area contributed by atoms with Gasteiger partial charge in [0.25, 0.3) is 16.7 Å². The second-order valence-electron chi connectivity index (χ2n) is 28.2. The lowest BCUT2D eigenvalue weighted by atomic mass is 9.97. The number of aromatic nitrogens is 8. The van der Waals surface area contributed by atoms with E-state index in [4.69, 9.17) is 38.8 Å². The topological polar surface area (TPSA) is 253 Å². The van der Waals surface area contributed by atoms with Crippen LogP contribution < -0.4 is 42.1 Å². The molecular formula is C92H66N12O9. The number of anilines is 3. The van der Waals surface area contributed by atoms with E-state index >= 15 is 9.59 Å². The monoisotopic (exact) mass is 1480 g/mol. The van der Waals surface area contributed by atoms with Gasteiger partial charge < -0.3 is 34.7 Å². The van der Waals surface area contributed by atoms with E-state index in [0.717, 1.165) is 71.6 Å². The first-order valence-corrected chi connectivity index (χ1v) is 36.3. The third-order valence-corrected chi connectivity index (χ3v) is 20.7. The molecule has 0 bridgehead atoms. The predicted molar refractivity (Wildman–Crippen MR) is 446 cm³/mol. The zero-order valence-corrected chi connectivity index (χ0v) is 61.6. The Morgan fingerprint density at radius 3 is 1.50 bits per heavy atom. The van der Waals surface area contributed by atoms with E-state index in [1.54, 1.807) is 68.8 Å². The first-order chi connectivity index (χ1) is 54.9. The zero-order chi connectivity index (χ0) is 77.6. The summed E-state index contributed by atoms with van der Waals surface area (Å²) in [5.74, 6) is 0.338. The van der Waals surface area contributed by atoms with Crippen LogP contribution in [0, 0.1) is 20.8 Å². The molecule has 17 aromatic rings. The van der Waals surface area contributed by atoms with Gasteiger partial charge in [0.1, 0.15) is 5.52 Å². The van der Waals surface area contributed by atoms with Gasteiger partial charge in [0.2, 0.25) is 30.4 Å². The molecule has 3 amide bonds. The molecule has 21 nitrogen and oxygen atoms in total. The van der Waals surface area contributed by atoms with Crippen LogP contribution in [0.4, 0.5) is 17.1 Å². The molecule has 3 N–H and O–H groups in total. The van der Waals surface area contributed by atoms with Crippen molar-refractivity contribution in [1.29, 1.82) is 0 Å². The first-order valence-electron chi connectivity index (χ1n) is 36.3. The van der Waals surface area contributed by atoms with Gasteiger partial charge in [-0.1, -0.05) is 79.9 Å². The number of rotatable bonds is 16. The molecule has 0 atom stereocenters. The number of ether oxygens (including phenoxy) is 2. The fourth-order valence-corrected chi connectivity index (χ4v) is 14.9. The Labute approximate surface area is 643 Å². The number of nitrogens with one attached hydrogen (secondary N) is 3. The van der Waals surface area contributed by atoms with Gasteiger partial charge in [-0.3, -0.25) is 62.4 Å². The number of hydrogen-bond donors (Lipinski definition) is 3. The van der Waals surface area contributed by atoms with Gasteiger partial charge in [0, 0.05) is 116 Å². The molecule has 0 saturated heterocycles. The lowest BCUT2D eigenvalue weighted by Gasteiger charge is -2.18. The van der Waals surface area contributed by atoms with Crippen LogP contribution in [-0.4, -0.2) is 88.7 Å². The summed E-state index contributed by atoms with van der Waals surface area (Å²) in [7, 11) is 3.85. The molecule has 0 unspecified atom stereocenters. The van der Waals surface area contributed by atoms with Gasteiger partial charge in [0.15, 0.2) is 17.1 Å². The van der Waals surface area contributed by atoms with Crippen LogP contribution >= 0.6 is 0 Å². The van der Waals surface area contributed by atoms with Crippen LogP contribution in [0.25, 0.3) is 160 Å². The standard InChI is InChI=1S/C92H66N12O9/c1-8-83(105)97-75-41-63(24-13-50(75)3)103-87(109)43-65(78-37-58-16-15-53(33-61(58)46-94-78)54-17-26-72-67(34-54)89-60(45-93-72)22-31-86(108)102(89)62-23-12-52(5)77(40-62)99-85(107)11-10-32-101(6)7)70-47-95-73-27-18-55(35-68(73)90(70)103)57-20-29-80-79(38-57)100-92(113-80)66-44-88(110)104(64-25-14-51(4)76(42-64)98-84(106)9-2)91-69-36-56(19-28-74(69)96-48-71(66)91)59-21-30-81-82(39-59)112-49-111-81/h8-31,33-48H,1-2,32,49H2,3-7H3,(H,97,105)(H,98,106)(H,99,107). The molecular weight excluding hydrogens is 1420 g/mol. The Morgan fingerprint density at radius 1 is 0.434 bits per heavy atom. The molecule has 9 heterocycles. The number of benzene rings is 9. The molecule has 21 heteroatoms. The van der Waals surface area contributed by atoms with Crippen LogP contribution in [0.1, 0.15) is 16.7 Å². The summed E-state index contributed by atoms with van der Waals surface area (Å²) in [6.07, 6.45) is 12.7. The van der Waals surface area contributed by atoms with Crippen molar-refractivity contribution in [2.75, 3.05) is 43.4 Å². The number of likely N-dealkylation sites (N-methyl/N-ethyl adjacent to an activating group) is 1. The highest BCUT2D eigenvalue weighted by atomic mass is 16.7. The molecule has 1 aliphatic heterocycles. The SMILES string of the molecule is C=CC(=O)Nc1cc(-n2c(=O)cc(-c3cc4ccc(-c5ccc6ncc7ccc(=O)n(-c8ccc(C)c(NC(=O)C=CCN(C)C)c8)c7c6c5)cc4cn3)c3cnc4ccc(-c5ccc6oc(-c7cc(=O)n(-c8ccc(C)c(NC(=O)C=C)c8)c8c7cnc7ccc(-c9ccc%10c(c9)OCO%10)cc78)nc6c5)cc4c32)ccc1C. The third-order valence-electron chi connectivity index (χ3n) is 20.7. The third kappa shape index (κ3) is 12.6. The second kappa shape index (κ2) is 27.9. The lowest BCUT2D eigenvalue weighted by Crippen LogP contribution is -2.19. The summed E-state index contributed by atoms with van der Waals surface area (Å²) in [5, 5.41) is 14.4. The minimum Gasteiger partial charge on any atom is -0.454 e. The van der Waals surface area contributed by atoms with Crippen molar-refractivity contribution >= 4 is 122 Å². The highest BCUT2D eigenvalue weighted by Gasteiger charge is 2.25. The quantitative estimate of drug-likeness (QED) is 0.0601. The van der Waals surface area contributed by atoms with Gasteiger partial charge in [-0.05, 0) is 218 Å². The Bertz CT molecular complexity index is 7270. The summed E-state index contributed by atoms with van der Waals surface area (Å²) in [6, 6.07) is 60.0. The van der Waals surface area contributed by atoms with Crippen molar-refractivity contribution in [1.82, 2.24) is 43.5 Å². The number of hydrogen-bond acceptors (Lipinski definition) is 15. The number of fused-ring (bicyclic) bond motifs is 12. The van der Waals surface area contributed by atoms with Crippen LogP contribution in [0.5, 0.6) is 11.5 Å². The Balaban J connectivity index is 0.735. The molecule has 548 valence electrons. The minimum atomic E-state index is -0.413. The Hall–Kier alpha value is -15.1. The van der Waals surface area contributed by atoms with Gasteiger partial charge in [0.05, 0.1) is 61.4 Å². The summed E-state index contributed by atoms with van der Waals surface area (Å²) >= 11 is 0. The van der Waals surface area contributed by atoms with Crippen molar-refractivity contribution in [2.45, 2.75) is 20.8 Å². The van der Waals surface area contributed by atoms with Gasteiger partial charge in [-0.15, -0.1) is 0 Å². The molecule has 9 aromatic carbocycles. The summed E-state index contributed by atoms with van der Waals surface area (Å²) in [4.78, 5) is 110. The minimum absolute atomic E-state index is 0.117. The van der Waals surface area contributed by atoms with E-state index in [2.05, 4.69) is 35.2 Å². The second-order valence-corrected chi connectivity index (χ2v) is 28.2. The Kier molecular flexibility index (Phi) is 17.2. The molecule has 0 spiro atoms. The van der Waals surface area contributed by atoms with Crippen LogP contribution in [0.2, 0.25) is 0 Å². The average molecular weight is 1480 g/mol. The molecule has 0 radical (unpaired) electrons. The Morgan fingerprint density at radius 2 is 0.912 bits per heavy atom. The van der Waals surface area contributed by atoms with Crippen molar-refractivity contribution in [3.05, 3.63) is 304 Å². The molecule has 1 aliphatic rings. The first kappa shape index (κ1) is 69.6. The zero-order valence-electron chi connectivity index (χ0n) is 61.6. The van der Waals surface area contributed by atoms with Crippen LogP contribution in [0.15, 0.2) is 275 Å². The molecule has 0 aliphatic carbocycles. The summed E-state index contributed by atoms with van der Waals surface area (Å²) < 4.78 is 23.0. The van der Waals surface area contributed by atoms with Crippen molar-refractivity contribution in [3.8, 4) is 84.7 Å². The highest BCUT2D eigenvalue weighted by Crippen LogP contribution is 2.42. The molecule has 18 rings (SSSR count). The normalized spacial score (nSPS) is 12.1. The van der Waals surface area contributed by atoms with Crippen molar-refractivity contribution in [3.63, 3.8) is 0 Å². The van der Waals surface area contributed by atoms with Crippen molar-refractivity contribution in [2.24, 2.45) is 0 Å². The van der Waals surface area contributed by atoms with Gasteiger partial charge in [-0.25, -0.2) is 4.98 Å². The number of aryl methyl sites for hydroxylation is 3. The smallest absolute Gasteiger partial charge is 0.256 e. The number of amides is 3. The maximum Gasteiger partial charge on any atom is 0.256 e. The summed E-state index contributed by atoms with van der Waals surface area (Å²) in [6.45, 7) is 13.7. The number of carbonyl (C=O) groups excluding carboxylic acids is 3. The van der Waals surface area contributed by atoms with E-state index in [1.807, 2.05) is 191 Å². The average Bonchev–Trinajstić information content (AvgIpc) is 1.64. The summed E-state index contributed by atoms with van der Waals surface area (Å²) in [5.41, 5.74) is 15.4. The molecule has 0 saturated carbocycles. The number of pyridine rings is 7. The van der Waals surface area contributed by atoms with E-state index in [-0.39, 0.29) is 29.7 Å². The van der Waals surface area contributed by atoms with Crippen LogP contribution in [-0.2, 0) is 14.4 Å². The molecule has 113 heavy (non-hydrogen) atoms. The van der Waals surface area contributed by atoms with Crippen molar-refractivity contribution < 1.29 is 28.3 Å². The van der Waals surface area contributed by atoms with E-state index in [0.29, 0.717) is 135 Å². The van der Waals surface area contributed by atoms with E-state index in [9.17, 15) is 19.2 Å². The number of oxazole rings is 1. The molecule has 0 fully saturated rings. The lowest BCUT2D eigenvalue weighted by molar-refractivity contribution is -0.112. The number of nitrogens with zero attached hydrogens (tertiary/aromatic N) is 9. The maximum absolute atomic E-state index is 15.4. The number of carbonyl (C=O) groups is 3. The predicted octanol–water partition coefficient (Wildman–Crippen LogP) is 17.2. The van der Waals surface area contributed by atoms with E-state index in [1.165, 1.54) is 30.4 Å². The highest BCUT2D eigenvalue weighted by molar-refractivity contribution is 6.13. The maximum atomic E-state index is 15.4. The van der Waals surface area contributed by atoms with Gasteiger partial charge >= 0.3 is 0 Å². The largest absolute Gasteiger partial charge is 0.454 e. The van der Waals surface area contributed by atoms with Gasteiger partial charge in [-0.2, -0.15) is 0 Å². The fraction of sp³-hybridized carbons (Fsp3) is 0.0761. The van der Waals surface area contributed by atoms with Crippen LogP contribution in [0.3, 0.4) is 0 Å². The molecule has 8 aromatic heterocycles.